The fraction of sp³-hybridized carbons (Fsp3) is 0.167. The standard InChI is InChI=1S/C12H13N3O3S2/c1-7-4-3-5-9(13)11(7)20(17,18)15-12-14-10(6-19-12)8(2)16/h3-6H,13H2,1-2H3,(H,14,15). The molecule has 0 saturated heterocycles. The number of carbonyl (C=O) groups excluding carboxylic acids is 1. The van der Waals surface area contributed by atoms with Gasteiger partial charge in [0.2, 0.25) is 0 Å². The lowest BCUT2D eigenvalue weighted by molar-refractivity contribution is 0.101. The zero-order valence-electron chi connectivity index (χ0n) is 10.9. The summed E-state index contributed by atoms with van der Waals surface area (Å²) in [6, 6.07) is 4.86. The highest BCUT2D eigenvalue weighted by Crippen LogP contribution is 2.26. The van der Waals surface area contributed by atoms with Crippen molar-refractivity contribution in [3.63, 3.8) is 0 Å². The molecule has 20 heavy (non-hydrogen) atoms. The fourth-order valence-electron chi connectivity index (χ4n) is 1.69. The summed E-state index contributed by atoms with van der Waals surface area (Å²) in [6.07, 6.45) is 0. The summed E-state index contributed by atoms with van der Waals surface area (Å²) < 4.78 is 27.0. The zero-order valence-corrected chi connectivity index (χ0v) is 12.5. The van der Waals surface area contributed by atoms with E-state index in [0.29, 0.717) is 5.56 Å². The maximum absolute atomic E-state index is 12.3. The van der Waals surface area contributed by atoms with Crippen molar-refractivity contribution in [3.8, 4) is 0 Å². The molecule has 0 aliphatic heterocycles. The number of sulfonamides is 1. The first kappa shape index (κ1) is 14.5. The summed E-state index contributed by atoms with van der Waals surface area (Å²) in [7, 11) is -3.83. The summed E-state index contributed by atoms with van der Waals surface area (Å²) in [5, 5.41) is 1.64. The number of nitrogens with one attached hydrogen (secondary N) is 1. The first-order chi connectivity index (χ1) is 9.31. The Kier molecular flexibility index (Phi) is 3.78. The number of nitrogens with zero attached hydrogens (tertiary/aromatic N) is 1. The molecule has 6 nitrogen and oxygen atoms in total. The zero-order chi connectivity index (χ0) is 14.9. The quantitative estimate of drug-likeness (QED) is 0.664. The van der Waals surface area contributed by atoms with Crippen molar-refractivity contribution in [2.45, 2.75) is 18.7 Å². The predicted octanol–water partition coefficient (Wildman–Crippen LogP) is 2.04. The lowest BCUT2D eigenvalue weighted by Gasteiger charge is -2.10. The van der Waals surface area contributed by atoms with Gasteiger partial charge in [0.05, 0.1) is 5.69 Å². The third-order valence-corrected chi connectivity index (χ3v) is 5.04. The Labute approximate surface area is 120 Å². The van der Waals surface area contributed by atoms with Crippen molar-refractivity contribution in [3.05, 3.63) is 34.8 Å². The van der Waals surface area contributed by atoms with Gasteiger partial charge in [-0.1, -0.05) is 12.1 Å². The minimum Gasteiger partial charge on any atom is -0.398 e. The van der Waals surface area contributed by atoms with E-state index in [9.17, 15) is 13.2 Å². The van der Waals surface area contributed by atoms with Crippen molar-refractivity contribution >= 4 is 38.0 Å². The molecule has 1 aromatic carbocycles. The van der Waals surface area contributed by atoms with E-state index in [-0.39, 0.29) is 27.2 Å². The lowest BCUT2D eigenvalue weighted by atomic mass is 10.2. The van der Waals surface area contributed by atoms with E-state index in [0.717, 1.165) is 11.3 Å². The number of hydrogen-bond donors (Lipinski definition) is 2. The number of Topliss-reactive ketones (excluding diaryl/α,β-unsaturated/α-hetero) is 1. The SMILES string of the molecule is CC(=O)c1csc(NS(=O)(=O)c2c(C)cccc2N)n1. The van der Waals surface area contributed by atoms with Crippen molar-refractivity contribution in [1.82, 2.24) is 4.98 Å². The molecule has 2 rings (SSSR count). The molecule has 0 radical (unpaired) electrons. The molecule has 0 unspecified atom stereocenters. The van der Waals surface area contributed by atoms with Crippen LogP contribution in [0, 0.1) is 6.92 Å². The molecule has 0 amide bonds. The summed E-state index contributed by atoms with van der Waals surface area (Å²) in [4.78, 5) is 15.1. The second-order valence-electron chi connectivity index (χ2n) is 4.19. The average Bonchev–Trinajstić information content (AvgIpc) is 2.76. The molecule has 8 heteroatoms. The van der Waals surface area contributed by atoms with Crippen LogP contribution in [0.1, 0.15) is 23.0 Å². The number of benzene rings is 1. The number of rotatable bonds is 4. The molecule has 1 aromatic heterocycles. The highest BCUT2D eigenvalue weighted by molar-refractivity contribution is 7.93. The molecular formula is C12H13N3O3S2. The summed E-state index contributed by atoms with van der Waals surface area (Å²) in [5.74, 6) is -0.220. The highest BCUT2D eigenvalue weighted by atomic mass is 32.2. The van der Waals surface area contributed by atoms with E-state index in [2.05, 4.69) is 9.71 Å². The van der Waals surface area contributed by atoms with Crippen molar-refractivity contribution in [2.75, 3.05) is 10.5 Å². The smallest absolute Gasteiger partial charge is 0.265 e. The van der Waals surface area contributed by atoms with Crippen LogP contribution in [0.5, 0.6) is 0 Å². The molecule has 0 fully saturated rings. The number of aryl methyl sites for hydroxylation is 1. The Morgan fingerprint density at radius 3 is 2.65 bits per heavy atom. The summed E-state index contributed by atoms with van der Waals surface area (Å²) in [5.41, 5.74) is 6.66. The van der Waals surface area contributed by atoms with E-state index >= 15 is 0 Å². The van der Waals surface area contributed by atoms with Gasteiger partial charge in [0, 0.05) is 12.3 Å². The van der Waals surface area contributed by atoms with Crippen LogP contribution in [0.4, 0.5) is 10.8 Å². The van der Waals surface area contributed by atoms with Gasteiger partial charge < -0.3 is 5.73 Å². The molecule has 0 aliphatic rings. The van der Waals surface area contributed by atoms with Gasteiger partial charge in [-0.2, -0.15) is 0 Å². The summed E-state index contributed by atoms with van der Waals surface area (Å²) in [6.45, 7) is 3.03. The van der Waals surface area contributed by atoms with Gasteiger partial charge in [-0.25, -0.2) is 13.4 Å². The number of carbonyl (C=O) groups is 1. The van der Waals surface area contributed by atoms with Crippen molar-refractivity contribution in [1.29, 1.82) is 0 Å². The Hall–Kier alpha value is -1.93. The second kappa shape index (κ2) is 5.22. The van der Waals surface area contributed by atoms with Crippen LogP contribution >= 0.6 is 11.3 Å². The Morgan fingerprint density at radius 1 is 1.40 bits per heavy atom. The van der Waals surface area contributed by atoms with E-state index < -0.39 is 10.0 Å². The Morgan fingerprint density at radius 2 is 2.10 bits per heavy atom. The van der Waals surface area contributed by atoms with Gasteiger partial charge in [0.25, 0.3) is 10.0 Å². The first-order valence-corrected chi connectivity index (χ1v) is 8.02. The van der Waals surface area contributed by atoms with E-state index in [4.69, 9.17) is 5.73 Å². The predicted molar refractivity (Wildman–Crippen MR) is 78.5 cm³/mol. The van der Waals surface area contributed by atoms with E-state index in [1.165, 1.54) is 18.4 Å². The number of nitrogens with two attached hydrogens (primary N) is 1. The number of thiazole rings is 1. The average molecular weight is 311 g/mol. The molecule has 1 heterocycles. The van der Waals surface area contributed by atoms with Crippen LogP contribution in [-0.4, -0.2) is 19.2 Å². The number of nitrogen functional groups attached to an aromatic ring is 1. The number of ketones is 1. The van der Waals surface area contributed by atoms with E-state index in [1.54, 1.807) is 19.1 Å². The first-order valence-electron chi connectivity index (χ1n) is 5.65. The molecule has 0 bridgehead atoms. The molecule has 0 spiro atoms. The maximum atomic E-state index is 12.3. The van der Waals surface area contributed by atoms with Crippen LogP contribution in [-0.2, 0) is 10.0 Å². The van der Waals surface area contributed by atoms with Gasteiger partial charge in [0.15, 0.2) is 10.9 Å². The van der Waals surface area contributed by atoms with Crippen LogP contribution in [0.2, 0.25) is 0 Å². The van der Waals surface area contributed by atoms with Crippen LogP contribution < -0.4 is 10.5 Å². The molecule has 3 N–H and O–H groups in total. The van der Waals surface area contributed by atoms with Gasteiger partial charge in [-0.05, 0) is 18.6 Å². The second-order valence-corrected chi connectivity index (χ2v) is 6.67. The molecule has 2 aromatic rings. The maximum Gasteiger partial charge on any atom is 0.265 e. The van der Waals surface area contributed by atoms with Crippen molar-refractivity contribution < 1.29 is 13.2 Å². The molecule has 0 atom stereocenters. The summed E-state index contributed by atoms with van der Waals surface area (Å²) >= 11 is 1.05. The lowest BCUT2D eigenvalue weighted by Crippen LogP contribution is -2.16. The largest absolute Gasteiger partial charge is 0.398 e. The molecule has 106 valence electrons. The third kappa shape index (κ3) is 2.81. The third-order valence-electron chi connectivity index (χ3n) is 2.60. The highest BCUT2D eigenvalue weighted by Gasteiger charge is 2.21. The molecule has 0 aliphatic carbocycles. The minimum absolute atomic E-state index is 0.0274. The monoisotopic (exact) mass is 311 g/mol. The fourth-order valence-corrected chi connectivity index (χ4v) is 4.05. The molecular weight excluding hydrogens is 298 g/mol. The van der Waals surface area contributed by atoms with Gasteiger partial charge in [-0.3, -0.25) is 9.52 Å². The normalized spacial score (nSPS) is 11.3. The van der Waals surface area contributed by atoms with Gasteiger partial charge in [-0.15, -0.1) is 11.3 Å². The van der Waals surface area contributed by atoms with Crippen LogP contribution in [0.25, 0.3) is 0 Å². The van der Waals surface area contributed by atoms with Gasteiger partial charge >= 0.3 is 0 Å². The number of anilines is 2. The molecule has 0 saturated carbocycles. The number of aromatic nitrogens is 1. The van der Waals surface area contributed by atoms with Crippen LogP contribution in [0.15, 0.2) is 28.5 Å². The van der Waals surface area contributed by atoms with Gasteiger partial charge in [0.1, 0.15) is 10.6 Å². The van der Waals surface area contributed by atoms with E-state index in [1.807, 2.05) is 0 Å². The van der Waals surface area contributed by atoms with Crippen LogP contribution in [0.3, 0.4) is 0 Å². The minimum atomic E-state index is -3.83. The topological polar surface area (TPSA) is 102 Å². The Balaban J connectivity index is 2.38. The van der Waals surface area contributed by atoms with Crippen molar-refractivity contribution in [2.24, 2.45) is 0 Å². The Bertz CT molecular complexity index is 746. The number of hydrogen-bond acceptors (Lipinski definition) is 6.